The minimum atomic E-state index is 0.892. The van der Waals surface area contributed by atoms with Crippen molar-refractivity contribution in [3.05, 3.63) is 36.7 Å². The Morgan fingerprint density at radius 1 is 1.13 bits per heavy atom. The van der Waals surface area contributed by atoms with Crippen LogP contribution in [0.4, 0.5) is 0 Å². The van der Waals surface area contributed by atoms with E-state index in [4.69, 9.17) is 0 Å². The number of benzene rings is 1. The summed E-state index contributed by atoms with van der Waals surface area (Å²) in [7, 11) is 0. The van der Waals surface area contributed by atoms with Crippen molar-refractivity contribution in [3.63, 3.8) is 0 Å². The maximum Gasteiger partial charge on any atom is 0.119 e. The average Bonchev–Trinajstić information content (AvgIpc) is 2.72. The second-order valence-electron chi connectivity index (χ2n) is 3.56. The Hall–Kier alpha value is -1.90. The molecule has 3 heteroatoms. The first-order chi connectivity index (χ1) is 7.38. The Bertz CT molecular complexity index is 625. The van der Waals surface area contributed by atoms with Crippen LogP contribution in [0.2, 0.25) is 0 Å². The molecule has 0 aliphatic carbocycles. The molecule has 0 radical (unpaired) electrons. The summed E-state index contributed by atoms with van der Waals surface area (Å²) in [5.41, 5.74) is 1.98. The third-order valence-corrected chi connectivity index (χ3v) is 2.62. The van der Waals surface area contributed by atoms with Crippen LogP contribution in [-0.2, 0) is 6.54 Å². The quantitative estimate of drug-likeness (QED) is 0.600. The molecule has 0 aliphatic heterocycles. The molecule has 0 atom stereocenters. The van der Waals surface area contributed by atoms with Gasteiger partial charge in [0.05, 0.1) is 5.52 Å². The van der Waals surface area contributed by atoms with Gasteiger partial charge in [-0.05, 0) is 13.0 Å². The fourth-order valence-corrected chi connectivity index (χ4v) is 1.83. The van der Waals surface area contributed by atoms with Crippen LogP contribution < -0.4 is 0 Å². The first kappa shape index (κ1) is 8.41. The molecule has 0 saturated heterocycles. The van der Waals surface area contributed by atoms with Crippen LogP contribution >= 0.6 is 0 Å². The van der Waals surface area contributed by atoms with Crippen molar-refractivity contribution < 1.29 is 0 Å². The predicted octanol–water partition coefficient (Wildman–Crippen LogP) is 2.60. The minimum Gasteiger partial charge on any atom is -0.272 e. The van der Waals surface area contributed by atoms with Gasteiger partial charge in [-0.25, -0.2) is 0 Å². The van der Waals surface area contributed by atoms with Gasteiger partial charge in [-0.15, -0.1) is 0 Å². The summed E-state index contributed by atoms with van der Waals surface area (Å²) in [5.74, 6) is 0. The number of hydrogen-bond acceptors (Lipinski definition) is 2. The standard InChI is InChI=1S/C12H11N3/c1-2-15-8-10-6-5-9-4-3-7-13-11(9)12(10)14-15/h3-8H,2H2,1H3. The van der Waals surface area contributed by atoms with E-state index in [0.717, 1.165) is 28.4 Å². The Morgan fingerprint density at radius 2 is 2.00 bits per heavy atom. The Morgan fingerprint density at radius 3 is 2.87 bits per heavy atom. The summed E-state index contributed by atoms with van der Waals surface area (Å²) in [6, 6.07) is 8.20. The van der Waals surface area contributed by atoms with Gasteiger partial charge in [0.25, 0.3) is 0 Å². The Labute approximate surface area is 87.4 Å². The average molecular weight is 197 g/mol. The number of aromatic nitrogens is 3. The molecule has 3 aromatic rings. The highest BCUT2D eigenvalue weighted by molar-refractivity contribution is 6.02. The first-order valence-electron chi connectivity index (χ1n) is 5.09. The summed E-state index contributed by atoms with van der Waals surface area (Å²) < 4.78 is 1.94. The van der Waals surface area contributed by atoms with Crippen molar-refractivity contribution >= 4 is 21.8 Å². The Kier molecular flexibility index (Phi) is 1.71. The number of fused-ring (bicyclic) bond motifs is 3. The van der Waals surface area contributed by atoms with Crippen molar-refractivity contribution in [2.45, 2.75) is 13.5 Å². The van der Waals surface area contributed by atoms with Gasteiger partial charge in [0.1, 0.15) is 5.52 Å². The molecule has 15 heavy (non-hydrogen) atoms. The molecule has 0 N–H and O–H groups in total. The summed E-state index contributed by atoms with van der Waals surface area (Å²) in [4.78, 5) is 4.38. The van der Waals surface area contributed by atoms with Crippen molar-refractivity contribution in [1.29, 1.82) is 0 Å². The SMILES string of the molecule is CCn1cc2ccc3cccnc3c2n1. The summed E-state index contributed by atoms with van der Waals surface area (Å²) >= 11 is 0. The third kappa shape index (κ3) is 1.20. The van der Waals surface area contributed by atoms with Gasteiger partial charge in [-0.1, -0.05) is 18.2 Å². The normalized spacial score (nSPS) is 11.3. The van der Waals surface area contributed by atoms with E-state index in [1.54, 1.807) is 0 Å². The number of rotatable bonds is 1. The van der Waals surface area contributed by atoms with Crippen LogP contribution in [0.3, 0.4) is 0 Å². The molecule has 0 spiro atoms. The minimum absolute atomic E-state index is 0.892. The lowest BCUT2D eigenvalue weighted by molar-refractivity contribution is 0.668. The van der Waals surface area contributed by atoms with Gasteiger partial charge >= 0.3 is 0 Å². The van der Waals surface area contributed by atoms with Crippen molar-refractivity contribution in [2.75, 3.05) is 0 Å². The van der Waals surface area contributed by atoms with Gasteiger partial charge < -0.3 is 0 Å². The summed E-state index contributed by atoms with van der Waals surface area (Å²) in [6.45, 7) is 2.98. The van der Waals surface area contributed by atoms with E-state index in [1.807, 2.05) is 16.9 Å². The Balaban J connectivity index is 2.47. The molecule has 0 aliphatic rings. The van der Waals surface area contributed by atoms with E-state index in [2.05, 4.69) is 41.4 Å². The monoisotopic (exact) mass is 197 g/mol. The van der Waals surface area contributed by atoms with E-state index in [1.165, 1.54) is 0 Å². The topological polar surface area (TPSA) is 30.7 Å². The van der Waals surface area contributed by atoms with E-state index in [9.17, 15) is 0 Å². The largest absolute Gasteiger partial charge is 0.272 e. The third-order valence-electron chi connectivity index (χ3n) is 2.62. The maximum atomic E-state index is 4.51. The van der Waals surface area contributed by atoms with Crippen molar-refractivity contribution in [3.8, 4) is 0 Å². The molecular formula is C12H11N3. The van der Waals surface area contributed by atoms with E-state index < -0.39 is 0 Å². The fraction of sp³-hybridized carbons (Fsp3) is 0.167. The van der Waals surface area contributed by atoms with Crippen molar-refractivity contribution in [1.82, 2.24) is 14.8 Å². The number of pyridine rings is 1. The highest BCUT2D eigenvalue weighted by Gasteiger charge is 2.04. The van der Waals surface area contributed by atoms with E-state index in [0.29, 0.717) is 0 Å². The molecule has 0 bridgehead atoms. The molecule has 74 valence electrons. The lowest BCUT2D eigenvalue weighted by atomic mass is 10.1. The van der Waals surface area contributed by atoms with Gasteiger partial charge in [-0.3, -0.25) is 9.67 Å². The molecular weight excluding hydrogens is 186 g/mol. The fourth-order valence-electron chi connectivity index (χ4n) is 1.83. The summed E-state index contributed by atoms with van der Waals surface area (Å²) in [6.07, 6.45) is 3.87. The predicted molar refractivity (Wildman–Crippen MR) is 60.7 cm³/mol. The van der Waals surface area contributed by atoms with Gasteiger partial charge in [0.15, 0.2) is 0 Å². The van der Waals surface area contributed by atoms with Crippen LogP contribution in [0, 0.1) is 0 Å². The lowest BCUT2D eigenvalue weighted by Crippen LogP contribution is -1.92. The van der Waals surface area contributed by atoms with Crippen LogP contribution in [0.15, 0.2) is 36.7 Å². The second-order valence-corrected chi connectivity index (χ2v) is 3.56. The highest BCUT2D eigenvalue weighted by atomic mass is 15.3. The molecule has 0 saturated carbocycles. The zero-order valence-electron chi connectivity index (χ0n) is 8.51. The maximum absolute atomic E-state index is 4.51. The molecule has 3 nitrogen and oxygen atoms in total. The van der Waals surface area contributed by atoms with Crippen LogP contribution in [0.5, 0.6) is 0 Å². The molecule has 1 aromatic carbocycles. The molecule has 0 fully saturated rings. The molecule has 2 heterocycles. The van der Waals surface area contributed by atoms with Crippen molar-refractivity contribution in [2.24, 2.45) is 0 Å². The number of aryl methyl sites for hydroxylation is 1. The first-order valence-corrected chi connectivity index (χ1v) is 5.09. The molecule has 0 amide bonds. The van der Waals surface area contributed by atoms with Crippen LogP contribution in [0.25, 0.3) is 21.8 Å². The van der Waals surface area contributed by atoms with Gasteiger partial charge in [0, 0.05) is 29.7 Å². The van der Waals surface area contributed by atoms with Gasteiger partial charge in [0.2, 0.25) is 0 Å². The molecule has 0 unspecified atom stereocenters. The second kappa shape index (κ2) is 3.05. The number of hydrogen-bond donors (Lipinski definition) is 0. The van der Waals surface area contributed by atoms with Crippen LogP contribution in [0.1, 0.15) is 6.92 Å². The lowest BCUT2D eigenvalue weighted by Gasteiger charge is -1.95. The van der Waals surface area contributed by atoms with Gasteiger partial charge in [-0.2, -0.15) is 5.10 Å². The zero-order chi connectivity index (χ0) is 10.3. The molecule has 2 aromatic heterocycles. The number of nitrogens with zero attached hydrogens (tertiary/aromatic N) is 3. The van der Waals surface area contributed by atoms with E-state index in [-0.39, 0.29) is 0 Å². The van der Waals surface area contributed by atoms with E-state index >= 15 is 0 Å². The molecule has 3 rings (SSSR count). The summed E-state index contributed by atoms with van der Waals surface area (Å²) in [5, 5.41) is 6.81. The highest BCUT2D eigenvalue weighted by Crippen LogP contribution is 2.21. The smallest absolute Gasteiger partial charge is 0.119 e. The van der Waals surface area contributed by atoms with Crippen LogP contribution in [-0.4, -0.2) is 14.8 Å². The zero-order valence-corrected chi connectivity index (χ0v) is 8.51.